The maximum atomic E-state index is 10.1. The summed E-state index contributed by atoms with van der Waals surface area (Å²) in [5.74, 6) is 1.98. The minimum Gasteiger partial charge on any atom is -0.390 e. The molecule has 0 aromatic carbocycles. The lowest BCUT2D eigenvalue weighted by Gasteiger charge is -2.41. The van der Waals surface area contributed by atoms with Crippen LogP contribution < -0.4 is 0 Å². The van der Waals surface area contributed by atoms with Crippen molar-refractivity contribution in [2.75, 3.05) is 0 Å². The van der Waals surface area contributed by atoms with E-state index >= 15 is 0 Å². The SMILES string of the molecule is CC(C)CC1CCCC(C)(O)C1C. The highest BCUT2D eigenvalue weighted by Gasteiger charge is 2.37. The van der Waals surface area contributed by atoms with Crippen molar-refractivity contribution >= 4 is 0 Å². The number of hydrogen-bond acceptors (Lipinski definition) is 1. The van der Waals surface area contributed by atoms with Gasteiger partial charge in [0.25, 0.3) is 0 Å². The molecule has 0 heterocycles. The fraction of sp³-hybridized carbons (Fsp3) is 1.00. The Morgan fingerprint density at radius 1 is 1.46 bits per heavy atom. The number of aliphatic hydroxyl groups is 1. The molecule has 1 nitrogen and oxygen atoms in total. The Morgan fingerprint density at radius 3 is 2.62 bits per heavy atom. The summed E-state index contributed by atoms with van der Waals surface area (Å²) < 4.78 is 0. The van der Waals surface area contributed by atoms with Crippen LogP contribution in [0.25, 0.3) is 0 Å². The predicted molar refractivity (Wildman–Crippen MR) is 56.6 cm³/mol. The van der Waals surface area contributed by atoms with E-state index in [-0.39, 0.29) is 0 Å². The molecule has 1 fully saturated rings. The van der Waals surface area contributed by atoms with E-state index in [1.54, 1.807) is 0 Å². The quantitative estimate of drug-likeness (QED) is 0.698. The van der Waals surface area contributed by atoms with Gasteiger partial charge in [0.15, 0.2) is 0 Å². The Hall–Kier alpha value is -0.0400. The molecule has 0 saturated heterocycles. The largest absolute Gasteiger partial charge is 0.390 e. The van der Waals surface area contributed by atoms with Crippen molar-refractivity contribution in [1.82, 2.24) is 0 Å². The minimum atomic E-state index is -0.405. The summed E-state index contributed by atoms with van der Waals surface area (Å²) in [6.45, 7) is 8.77. The van der Waals surface area contributed by atoms with Crippen molar-refractivity contribution in [1.29, 1.82) is 0 Å². The van der Waals surface area contributed by atoms with Gasteiger partial charge in [0.1, 0.15) is 0 Å². The first-order valence-corrected chi connectivity index (χ1v) is 5.66. The third kappa shape index (κ3) is 2.70. The van der Waals surface area contributed by atoms with Crippen LogP contribution >= 0.6 is 0 Å². The zero-order chi connectivity index (χ0) is 10.1. The van der Waals surface area contributed by atoms with E-state index < -0.39 is 5.60 Å². The first-order valence-electron chi connectivity index (χ1n) is 5.66. The van der Waals surface area contributed by atoms with Crippen LogP contribution in [-0.4, -0.2) is 10.7 Å². The van der Waals surface area contributed by atoms with Gasteiger partial charge in [0.05, 0.1) is 5.60 Å². The molecule has 13 heavy (non-hydrogen) atoms. The fourth-order valence-electron chi connectivity index (χ4n) is 2.64. The maximum Gasteiger partial charge on any atom is 0.0647 e. The zero-order valence-corrected chi connectivity index (χ0v) is 9.51. The smallest absolute Gasteiger partial charge is 0.0647 e. The molecule has 3 atom stereocenters. The first-order chi connectivity index (χ1) is 5.93. The summed E-state index contributed by atoms with van der Waals surface area (Å²) in [4.78, 5) is 0. The normalized spacial score (nSPS) is 41.1. The lowest BCUT2D eigenvalue weighted by molar-refractivity contribution is -0.0549. The van der Waals surface area contributed by atoms with Gasteiger partial charge >= 0.3 is 0 Å². The van der Waals surface area contributed by atoms with Crippen LogP contribution in [0, 0.1) is 17.8 Å². The first kappa shape index (κ1) is 11.0. The second kappa shape index (κ2) is 4.00. The number of rotatable bonds is 2. The average molecular weight is 184 g/mol. The lowest BCUT2D eigenvalue weighted by atomic mass is 9.68. The standard InChI is InChI=1S/C12H24O/c1-9(2)8-11-6-5-7-12(4,13)10(11)3/h9-11,13H,5-8H2,1-4H3. The van der Waals surface area contributed by atoms with Crippen molar-refractivity contribution in [3.63, 3.8) is 0 Å². The third-order valence-electron chi connectivity index (χ3n) is 3.72. The molecule has 0 radical (unpaired) electrons. The van der Waals surface area contributed by atoms with Crippen molar-refractivity contribution < 1.29 is 5.11 Å². The maximum absolute atomic E-state index is 10.1. The predicted octanol–water partition coefficient (Wildman–Crippen LogP) is 3.22. The molecular weight excluding hydrogens is 160 g/mol. The van der Waals surface area contributed by atoms with E-state index in [2.05, 4.69) is 20.8 Å². The van der Waals surface area contributed by atoms with Crippen LogP contribution in [0.5, 0.6) is 0 Å². The van der Waals surface area contributed by atoms with E-state index in [0.29, 0.717) is 5.92 Å². The van der Waals surface area contributed by atoms with Crippen molar-refractivity contribution in [3.05, 3.63) is 0 Å². The van der Waals surface area contributed by atoms with Crippen LogP contribution in [0.15, 0.2) is 0 Å². The van der Waals surface area contributed by atoms with Crippen LogP contribution in [-0.2, 0) is 0 Å². The van der Waals surface area contributed by atoms with Gasteiger partial charge in [-0.1, -0.05) is 27.2 Å². The Kier molecular flexibility index (Phi) is 3.39. The Labute approximate surface area is 82.5 Å². The van der Waals surface area contributed by atoms with Gasteiger partial charge in [-0.2, -0.15) is 0 Å². The van der Waals surface area contributed by atoms with Gasteiger partial charge in [-0.05, 0) is 43.9 Å². The average Bonchev–Trinajstić information content (AvgIpc) is 1.98. The van der Waals surface area contributed by atoms with E-state index in [1.165, 1.54) is 19.3 Å². The zero-order valence-electron chi connectivity index (χ0n) is 9.51. The molecule has 0 amide bonds. The second-order valence-corrected chi connectivity index (χ2v) is 5.43. The molecule has 0 spiro atoms. The Balaban J connectivity index is 2.55. The summed E-state index contributed by atoms with van der Waals surface area (Å²) in [5.41, 5.74) is -0.405. The molecule has 1 heteroatoms. The highest BCUT2D eigenvalue weighted by Crippen LogP contribution is 2.40. The molecule has 3 unspecified atom stereocenters. The molecule has 1 aliphatic carbocycles. The second-order valence-electron chi connectivity index (χ2n) is 5.43. The van der Waals surface area contributed by atoms with Crippen molar-refractivity contribution in [3.8, 4) is 0 Å². The van der Waals surface area contributed by atoms with Crippen LogP contribution in [0.4, 0.5) is 0 Å². The topological polar surface area (TPSA) is 20.2 Å². The van der Waals surface area contributed by atoms with Crippen LogP contribution in [0.3, 0.4) is 0 Å². The summed E-state index contributed by atoms with van der Waals surface area (Å²) in [6.07, 6.45) is 4.78. The number of hydrogen-bond donors (Lipinski definition) is 1. The molecule has 1 aliphatic rings. The highest BCUT2D eigenvalue weighted by molar-refractivity contribution is 4.88. The molecule has 0 bridgehead atoms. The third-order valence-corrected chi connectivity index (χ3v) is 3.72. The summed E-state index contributed by atoms with van der Waals surface area (Å²) in [6, 6.07) is 0. The van der Waals surface area contributed by atoms with Crippen molar-refractivity contribution in [2.24, 2.45) is 17.8 Å². The van der Waals surface area contributed by atoms with Gasteiger partial charge in [-0.3, -0.25) is 0 Å². The lowest BCUT2D eigenvalue weighted by Crippen LogP contribution is -2.41. The van der Waals surface area contributed by atoms with E-state index in [0.717, 1.165) is 18.3 Å². The monoisotopic (exact) mass is 184 g/mol. The summed E-state index contributed by atoms with van der Waals surface area (Å²) in [5, 5.41) is 10.1. The van der Waals surface area contributed by atoms with Crippen LogP contribution in [0.2, 0.25) is 0 Å². The summed E-state index contributed by atoms with van der Waals surface area (Å²) in [7, 11) is 0. The fourth-order valence-corrected chi connectivity index (χ4v) is 2.64. The van der Waals surface area contributed by atoms with Crippen LogP contribution in [0.1, 0.15) is 53.4 Å². The van der Waals surface area contributed by atoms with Gasteiger partial charge in [-0.15, -0.1) is 0 Å². The van der Waals surface area contributed by atoms with Gasteiger partial charge in [0.2, 0.25) is 0 Å². The highest BCUT2D eigenvalue weighted by atomic mass is 16.3. The molecule has 78 valence electrons. The molecule has 1 N–H and O–H groups in total. The van der Waals surface area contributed by atoms with E-state index in [4.69, 9.17) is 0 Å². The molecule has 0 aromatic rings. The molecule has 1 rings (SSSR count). The van der Waals surface area contributed by atoms with Gasteiger partial charge < -0.3 is 5.11 Å². The molecule has 1 saturated carbocycles. The molecule has 0 aromatic heterocycles. The summed E-state index contributed by atoms with van der Waals surface area (Å²) >= 11 is 0. The van der Waals surface area contributed by atoms with E-state index in [1.807, 2.05) is 6.92 Å². The Bertz CT molecular complexity index is 161. The van der Waals surface area contributed by atoms with Gasteiger partial charge in [-0.25, -0.2) is 0 Å². The molecule has 0 aliphatic heterocycles. The van der Waals surface area contributed by atoms with Gasteiger partial charge in [0, 0.05) is 0 Å². The van der Waals surface area contributed by atoms with E-state index in [9.17, 15) is 5.11 Å². The minimum absolute atomic E-state index is 0.405. The molecular formula is C12H24O. The Morgan fingerprint density at radius 2 is 2.08 bits per heavy atom. The van der Waals surface area contributed by atoms with Crippen molar-refractivity contribution in [2.45, 2.75) is 59.0 Å².